The Kier molecular flexibility index (Phi) is 7.36. The van der Waals surface area contributed by atoms with Gasteiger partial charge in [-0.3, -0.25) is 19.3 Å². The van der Waals surface area contributed by atoms with Crippen molar-refractivity contribution in [3.63, 3.8) is 0 Å². The highest BCUT2D eigenvalue weighted by molar-refractivity contribution is 7.85. The SMILES string of the molecule is CC1(C)C2CCC1(CS(=O)(=O)O)C(=O)C2.O=C(/C=C/c1ccc(Cc2nc3ccccc3[nH]2)cc1)NO. The van der Waals surface area contributed by atoms with Crippen LogP contribution in [-0.4, -0.2) is 45.6 Å². The number of amides is 1. The second-order valence-electron chi connectivity index (χ2n) is 10.3. The van der Waals surface area contributed by atoms with Crippen molar-refractivity contribution in [2.45, 2.75) is 39.5 Å². The van der Waals surface area contributed by atoms with Gasteiger partial charge in [-0.05, 0) is 53.5 Å². The molecule has 196 valence electrons. The molecule has 2 aliphatic rings. The Hall–Kier alpha value is -3.34. The standard InChI is InChI=1S/C17H15N3O2.C10H16O4S/c21-17(20-22)10-9-12-5-7-13(8-6-12)11-16-18-14-3-1-2-4-15(14)19-16;1-9(2)7-3-4-10(9,8(11)5-7)6-15(12,13)14/h1-10,22H,11H2,(H,18,19)(H,20,21);7H,3-6H2,1-2H3,(H,12,13,14)/b10-9+;. The quantitative estimate of drug-likeness (QED) is 0.165. The number of benzene rings is 2. The van der Waals surface area contributed by atoms with E-state index in [0.717, 1.165) is 40.8 Å². The lowest BCUT2D eigenvalue weighted by molar-refractivity contribution is -0.128. The third-order valence-electron chi connectivity index (χ3n) is 7.90. The van der Waals surface area contributed by atoms with E-state index in [-0.39, 0.29) is 17.1 Å². The summed E-state index contributed by atoms with van der Waals surface area (Å²) in [5.41, 5.74) is 4.45. The molecular formula is C27H31N3O6S. The van der Waals surface area contributed by atoms with E-state index in [1.54, 1.807) is 11.6 Å². The number of hydrogen-bond acceptors (Lipinski definition) is 6. The zero-order valence-corrected chi connectivity index (χ0v) is 21.6. The molecule has 2 unspecified atom stereocenters. The number of fused-ring (bicyclic) bond motifs is 3. The molecule has 2 saturated carbocycles. The number of hydroxylamine groups is 1. The summed E-state index contributed by atoms with van der Waals surface area (Å²) in [7, 11) is -4.08. The zero-order chi connectivity index (χ0) is 26.8. The predicted octanol–water partition coefficient (Wildman–Crippen LogP) is 3.94. The molecule has 0 aliphatic heterocycles. The van der Waals surface area contributed by atoms with Crippen molar-refractivity contribution >= 4 is 38.9 Å². The second-order valence-corrected chi connectivity index (χ2v) is 11.8. The molecule has 1 heterocycles. The minimum atomic E-state index is -4.08. The van der Waals surface area contributed by atoms with Gasteiger partial charge in [-0.15, -0.1) is 0 Å². The maximum Gasteiger partial charge on any atom is 0.267 e. The molecule has 0 saturated heterocycles. The first-order valence-corrected chi connectivity index (χ1v) is 13.7. The first-order chi connectivity index (χ1) is 17.4. The molecule has 9 nitrogen and oxygen atoms in total. The number of Topliss-reactive ketones (excluding diaryl/α,β-unsaturated/α-hetero) is 1. The van der Waals surface area contributed by atoms with Gasteiger partial charge in [-0.25, -0.2) is 10.5 Å². The summed E-state index contributed by atoms with van der Waals surface area (Å²) in [5, 5.41) is 8.42. The number of nitrogens with zero attached hydrogens (tertiary/aromatic N) is 1. The van der Waals surface area contributed by atoms with Gasteiger partial charge in [-0.1, -0.05) is 50.2 Å². The molecule has 2 bridgehead atoms. The molecule has 10 heteroatoms. The number of carbonyl (C=O) groups excluding carboxylic acids is 2. The average molecular weight is 526 g/mol. The number of ketones is 1. The summed E-state index contributed by atoms with van der Waals surface area (Å²) >= 11 is 0. The van der Waals surface area contributed by atoms with Crippen LogP contribution in [0.15, 0.2) is 54.6 Å². The van der Waals surface area contributed by atoms with Crippen LogP contribution in [0.3, 0.4) is 0 Å². The van der Waals surface area contributed by atoms with Crippen LogP contribution in [0.4, 0.5) is 0 Å². The van der Waals surface area contributed by atoms with Crippen LogP contribution in [0.1, 0.15) is 50.1 Å². The molecule has 4 N–H and O–H groups in total. The Morgan fingerprint density at radius 2 is 1.89 bits per heavy atom. The molecule has 1 aromatic heterocycles. The summed E-state index contributed by atoms with van der Waals surface area (Å²) in [6.45, 7) is 3.89. The molecule has 37 heavy (non-hydrogen) atoms. The Morgan fingerprint density at radius 3 is 2.46 bits per heavy atom. The fraction of sp³-hybridized carbons (Fsp3) is 0.370. The van der Waals surface area contributed by atoms with Crippen molar-refractivity contribution in [2.24, 2.45) is 16.7 Å². The topological polar surface area (TPSA) is 149 Å². The van der Waals surface area contributed by atoms with E-state index in [4.69, 9.17) is 9.76 Å². The molecule has 0 spiro atoms. The third-order valence-corrected chi connectivity index (χ3v) is 8.75. The predicted molar refractivity (Wildman–Crippen MR) is 139 cm³/mol. The molecule has 5 rings (SSSR count). The van der Waals surface area contributed by atoms with E-state index in [2.05, 4.69) is 9.97 Å². The lowest BCUT2D eigenvalue weighted by Gasteiger charge is -2.35. The van der Waals surface area contributed by atoms with Crippen LogP contribution < -0.4 is 5.48 Å². The fourth-order valence-corrected chi connectivity index (χ4v) is 6.96. The monoisotopic (exact) mass is 525 g/mol. The zero-order valence-electron chi connectivity index (χ0n) is 20.8. The number of imidazole rings is 1. The van der Waals surface area contributed by atoms with Crippen LogP contribution in [0.5, 0.6) is 0 Å². The largest absolute Gasteiger partial charge is 0.342 e. The van der Waals surface area contributed by atoms with Gasteiger partial charge in [-0.2, -0.15) is 8.42 Å². The molecule has 2 atom stereocenters. The molecule has 1 amide bonds. The fourth-order valence-electron chi connectivity index (χ4n) is 5.66. The van der Waals surface area contributed by atoms with Crippen molar-refractivity contribution in [1.82, 2.24) is 15.4 Å². The third kappa shape index (κ3) is 5.66. The van der Waals surface area contributed by atoms with Gasteiger partial charge < -0.3 is 4.98 Å². The Balaban J connectivity index is 0.000000186. The lowest BCUT2D eigenvalue weighted by Crippen LogP contribution is -2.42. The van der Waals surface area contributed by atoms with Crippen molar-refractivity contribution in [2.75, 3.05) is 5.75 Å². The summed E-state index contributed by atoms with van der Waals surface area (Å²) in [5.74, 6) is 0.270. The van der Waals surface area contributed by atoms with Crippen LogP contribution in [0.25, 0.3) is 17.1 Å². The molecular weight excluding hydrogens is 494 g/mol. The minimum absolute atomic E-state index is 0.0152. The minimum Gasteiger partial charge on any atom is -0.342 e. The van der Waals surface area contributed by atoms with Gasteiger partial charge >= 0.3 is 0 Å². The number of rotatable bonds is 6. The molecule has 2 fully saturated rings. The Bertz CT molecular complexity index is 1410. The van der Waals surface area contributed by atoms with Crippen molar-refractivity contribution in [1.29, 1.82) is 0 Å². The first-order valence-electron chi connectivity index (χ1n) is 12.1. The summed E-state index contributed by atoms with van der Waals surface area (Å²) in [4.78, 5) is 30.6. The van der Waals surface area contributed by atoms with Crippen LogP contribution in [-0.2, 0) is 26.1 Å². The molecule has 2 aliphatic carbocycles. The van der Waals surface area contributed by atoms with Crippen LogP contribution in [0.2, 0.25) is 0 Å². The second kappa shape index (κ2) is 10.2. The van der Waals surface area contributed by atoms with Gasteiger partial charge in [0.25, 0.3) is 16.0 Å². The maximum atomic E-state index is 11.9. The van der Waals surface area contributed by atoms with Crippen LogP contribution >= 0.6 is 0 Å². The highest BCUT2D eigenvalue weighted by Gasteiger charge is 2.65. The van der Waals surface area contributed by atoms with E-state index in [1.807, 2.05) is 62.4 Å². The number of H-pyrrole nitrogens is 1. The Morgan fingerprint density at radius 1 is 1.19 bits per heavy atom. The van der Waals surface area contributed by atoms with E-state index < -0.39 is 27.2 Å². The van der Waals surface area contributed by atoms with Gasteiger partial charge in [0, 0.05) is 18.9 Å². The average Bonchev–Trinajstić information content (AvgIpc) is 3.41. The molecule has 3 aromatic rings. The van der Waals surface area contributed by atoms with E-state index in [9.17, 15) is 18.0 Å². The molecule has 0 radical (unpaired) electrons. The van der Waals surface area contributed by atoms with Gasteiger partial charge in [0.1, 0.15) is 11.6 Å². The van der Waals surface area contributed by atoms with Crippen molar-refractivity contribution in [3.05, 3.63) is 71.6 Å². The molecule has 2 aromatic carbocycles. The van der Waals surface area contributed by atoms with E-state index in [1.165, 1.54) is 6.08 Å². The smallest absolute Gasteiger partial charge is 0.267 e. The van der Waals surface area contributed by atoms with Gasteiger partial charge in [0.05, 0.1) is 22.2 Å². The maximum absolute atomic E-state index is 11.9. The highest BCUT2D eigenvalue weighted by atomic mass is 32.2. The van der Waals surface area contributed by atoms with Crippen molar-refractivity contribution in [3.8, 4) is 0 Å². The van der Waals surface area contributed by atoms with Gasteiger partial charge in [0.2, 0.25) is 0 Å². The number of aromatic nitrogens is 2. The van der Waals surface area contributed by atoms with E-state index >= 15 is 0 Å². The summed E-state index contributed by atoms with van der Waals surface area (Å²) in [6, 6.07) is 15.7. The normalized spacial score (nSPS) is 22.3. The number of aromatic amines is 1. The first kappa shape index (κ1) is 26.7. The summed E-state index contributed by atoms with van der Waals surface area (Å²) in [6.07, 6.45) is 5.60. The van der Waals surface area contributed by atoms with Crippen molar-refractivity contribution < 1.29 is 27.8 Å². The number of para-hydroxylation sites is 2. The number of carbonyl (C=O) groups is 2. The van der Waals surface area contributed by atoms with Crippen LogP contribution in [0, 0.1) is 16.7 Å². The lowest BCUT2D eigenvalue weighted by atomic mass is 9.70. The van der Waals surface area contributed by atoms with E-state index in [0.29, 0.717) is 12.8 Å². The number of nitrogens with one attached hydrogen (secondary N) is 2. The summed E-state index contributed by atoms with van der Waals surface area (Å²) < 4.78 is 31.0. The highest BCUT2D eigenvalue weighted by Crippen LogP contribution is 2.64. The number of hydrogen-bond donors (Lipinski definition) is 4. The Labute approximate surface area is 215 Å². The van der Waals surface area contributed by atoms with Gasteiger partial charge in [0.15, 0.2) is 0 Å².